The van der Waals surface area contributed by atoms with Crippen molar-refractivity contribution in [2.24, 2.45) is 0 Å². The molecule has 0 aliphatic carbocycles. The van der Waals surface area contributed by atoms with Crippen LogP contribution in [-0.2, 0) is 11.3 Å². The fourth-order valence-corrected chi connectivity index (χ4v) is 2.98. The standard InChI is InChI=1S/C21H24N4O3/c1-14-8-10-16(11-9-14)23-21(27)22-15(2)19-24-18-7-5-4-6-17(18)20(26)25(19)12-13-28-3/h4-11,15H,12-13H2,1-3H3,(H2,22,23,27)/t15-/m0/s1. The second kappa shape index (κ2) is 8.67. The number of anilines is 1. The summed E-state index contributed by atoms with van der Waals surface area (Å²) in [5.41, 5.74) is 2.26. The first-order chi connectivity index (χ1) is 13.5. The number of urea groups is 1. The van der Waals surface area contributed by atoms with Gasteiger partial charge in [0.2, 0.25) is 0 Å². The number of carbonyl (C=O) groups excluding carboxylic acids is 1. The molecule has 0 aliphatic rings. The molecular weight excluding hydrogens is 356 g/mol. The average molecular weight is 380 g/mol. The zero-order chi connectivity index (χ0) is 20.1. The van der Waals surface area contributed by atoms with Crippen LogP contribution >= 0.6 is 0 Å². The van der Waals surface area contributed by atoms with Gasteiger partial charge in [0.15, 0.2) is 0 Å². The molecule has 7 nitrogen and oxygen atoms in total. The molecule has 0 radical (unpaired) electrons. The molecule has 0 saturated carbocycles. The Labute approximate surface area is 163 Å². The number of hydrogen-bond acceptors (Lipinski definition) is 4. The Hall–Kier alpha value is -3.19. The van der Waals surface area contributed by atoms with E-state index in [4.69, 9.17) is 4.74 Å². The Morgan fingerprint density at radius 1 is 1.18 bits per heavy atom. The first-order valence-electron chi connectivity index (χ1n) is 9.12. The number of nitrogens with zero attached hydrogens (tertiary/aromatic N) is 2. The van der Waals surface area contributed by atoms with Gasteiger partial charge in [-0.3, -0.25) is 9.36 Å². The molecule has 0 aliphatic heterocycles. The number of aromatic nitrogens is 2. The fourth-order valence-electron chi connectivity index (χ4n) is 2.98. The van der Waals surface area contributed by atoms with Gasteiger partial charge in [-0.1, -0.05) is 29.8 Å². The normalized spacial score (nSPS) is 12.0. The molecule has 3 rings (SSSR count). The number of ether oxygens (including phenoxy) is 1. The number of fused-ring (bicyclic) bond motifs is 1. The van der Waals surface area contributed by atoms with E-state index in [2.05, 4.69) is 15.6 Å². The SMILES string of the molecule is COCCn1c([C@H](C)NC(=O)Nc2ccc(C)cc2)nc2ccccc2c1=O. The van der Waals surface area contributed by atoms with E-state index in [0.717, 1.165) is 5.56 Å². The van der Waals surface area contributed by atoms with Crippen LogP contribution in [0.2, 0.25) is 0 Å². The van der Waals surface area contributed by atoms with E-state index in [1.54, 1.807) is 30.7 Å². The van der Waals surface area contributed by atoms with E-state index >= 15 is 0 Å². The van der Waals surface area contributed by atoms with Crippen LogP contribution in [-0.4, -0.2) is 29.3 Å². The van der Waals surface area contributed by atoms with Gasteiger partial charge in [0, 0.05) is 12.8 Å². The van der Waals surface area contributed by atoms with Gasteiger partial charge in [-0.25, -0.2) is 9.78 Å². The summed E-state index contributed by atoms with van der Waals surface area (Å²) in [6.45, 7) is 4.51. The van der Waals surface area contributed by atoms with Crippen LogP contribution < -0.4 is 16.2 Å². The molecule has 1 heterocycles. The molecule has 1 aromatic heterocycles. The number of aryl methyl sites for hydroxylation is 1. The summed E-state index contributed by atoms with van der Waals surface area (Å²) in [6.07, 6.45) is 0. The number of carbonyl (C=O) groups is 1. The van der Waals surface area contributed by atoms with Crippen molar-refractivity contribution in [3.05, 3.63) is 70.3 Å². The zero-order valence-electron chi connectivity index (χ0n) is 16.2. The van der Waals surface area contributed by atoms with Gasteiger partial charge in [0.25, 0.3) is 5.56 Å². The van der Waals surface area contributed by atoms with Crippen molar-refractivity contribution in [1.29, 1.82) is 0 Å². The van der Waals surface area contributed by atoms with Crippen molar-refractivity contribution >= 4 is 22.6 Å². The molecule has 146 valence electrons. The predicted molar refractivity (Wildman–Crippen MR) is 110 cm³/mol. The first kappa shape index (κ1) is 19.6. The van der Waals surface area contributed by atoms with E-state index in [1.165, 1.54) is 0 Å². The lowest BCUT2D eigenvalue weighted by Crippen LogP contribution is -2.36. The molecule has 0 bridgehead atoms. The lowest BCUT2D eigenvalue weighted by Gasteiger charge is -2.19. The minimum absolute atomic E-state index is 0.148. The number of benzene rings is 2. The van der Waals surface area contributed by atoms with Crippen LogP contribution in [0.15, 0.2) is 53.3 Å². The second-order valence-corrected chi connectivity index (χ2v) is 6.62. The van der Waals surface area contributed by atoms with Crippen LogP contribution in [0.1, 0.15) is 24.4 Å². The number of para-hydroxylation sites is 1. The average Bonchev–Trinajstić information content (AvgIpc) is 2.69. The third-order valence-corrected chi connectivity index (χ3v) is 4.45. The third kappa shape index (κ3) is 4.37. The van der Waals surface area contributed by atoms with Crippen molar-refractivity contribution in [1.82, 2.24) is 14.9 Å². The maximum Gasteiger partial charge on any atom is 0.319 e. The maximum atomic E-state index is 12.9. The Balaban J connectivity index is 1.86. The van der Waals surface area contributed by atoms with Gasteiger partial charge in [-0.05, 0) is 38.1 Å². The molecule has 0 unspecified atom stereocenters. The van der Waals surface area contributed by atoms with E-state index in [1.807, 2.05) is 43.3 Å². The maximum absolute atomic E-state index is 12.9. The molecule has 0 spiro atoms. The summed E-state index contributed by atoms with van der Waals surface area (Å²) in [5, 5.41) is 6.19. The topological polar surface area (TPSA) is 85.2 Å². The van der Waals surface area contributed by atoms with E-state index in [9.17, 15) is 9.59 Å². The van der Waals surface area contributed by atoms with Crippen molar-refractivity contribution in [2.75, 3.05) is 19.0 Å². The predicted octanol–water partition coefficient (Wildman–Crippen LogP) is 3.23. The van der Waals surface area contributed by atoms with Crippen molar-refractivity contribution in [2.45, 2.75) is 26.4 Å². The molecule has 0 fully saturated rings. The number of hydrogen-bond donors (Lipinski definition) is 2. The van der Waals surface area contributed by atoms with Crippen molar-refractivity contribution in [3.8, 4) is 0 Å². The highest BCUT2D eigenvalue weighted by atomic mass is 16.5. The Morgan fingerprint density at radius 2 is 1.89 bits per heavy atom. The Kier molecular flexibility index (Phi) is 6.06. The van der Waals surface area contributed by atoms with Gasteiger partial charge in [0.1, 0.15) is 5.82 Å². The zero-order valence-corrected chi connectivity index (χ0v) is 16.2. The van der Waals surface area contributed by atoms with Gasteiger partial charge in [-0.15, -0.1) is 0 Å². The molecule has 0 saturated heterocycles. The highest BCUT2D eigenvalue weighted by molar-refractivity contribution is 5.89. The summed E-state index contributed by atoms with van der Waals surface area (Å²) in [5.74, 6) is 0.486. The quantitative estimate of drug-likeness (QED) is 0.687. The molecule has 2 aromatic carbocycles. The Morgan fingerprint density at radius 3 is 2.61 bits per heavy atom. The lowest BCUT2D eigenvalue weighted by molar-refractivity contribution is 0.184. The minimum Gasteiger partial charge on any atom is -0.383 e. The van der Waals surface area contributed by atoms with Crippen LogP contribution in [0.25, 0.3) is 10.9 Å². The van der Waals surface area contributed by atoms with E-state index in [0.29, 0.717) is 35.6 Å². The van der Waals surface area contributed by atoms with Crippen LogP contribution in [0.5, 0.6) is 0 Å². The summed E-state index contributed by atoms with van der Waals surface area (Å²) in [6, 6.07) is 13.9. The summed E-state index contributed by atoms with van der Waals surface area (Å²) in [4.78, 5) is 29.9. The van der Waals surface area contributed by atoms with Crippen molar-refractivity contribution in [3.63, 3.8) is 0 Å². The number of amides is 2. The van der Waals surface area contributed by atoms with Crippen LogP contribution in [0, 0.1) is 6.92 Å². The minimum atomic E-state index is -0.473. The molecule has 7 heteroatoms. The largest absolute Gasteiger partial charge is 0.383 e. The van der Waals surface area contributed by atoms with Crippen LogP contribution in [0.3, 0.4) is 0 Å². The van der Waals surface area contributed by atoms with Gasteiger partial charge in [-0.2, -0.15) is 0 Å². The molecular formula is C21H24N4O3. The Bertz CT molecular complexity index is 1030. The lowest BCUT2D eigenvalue weighted by atomic mass is 10.2. The van der Waals surface area contributed by atoms with Gasteiger partial charge >= 0.3 is 6.03 Å². The molecule has 1 atom stereocenters. The van der Waals surface area contributed by atoms with Gasteiger partial charge < -0.3 is 15.4 Å². The van der Waals surface area contributed by atoms with E-state index in [-0.39, 0.29) is 11.6 Å². The third-order valence-electron chi connectivity index (χ3n) is 4.45. The summed E-state index contributed by atoms with van der Waals surface area (Å²) in [7, 11) is 1.58. The van der Waals surface area contributed by atoms with Gasteiger partial charge in [0.05, 0.1) is 30.1 Å². The number of nitrogens with one attached hydrogen (secondary N) is 2. The monoisotopic (exact) mass is 380 g/mol. The van der Waals surface area contributed by atoms with Crippen molar-refractivity contribution < 1.29 is 9.53 Å². The second-order valence-electron chi connectivity index (χ2n) is 6.62. The first-order valence-corrected chi connectivity index (χ1v) is 9.12. The molecule has 2 N–H and O–H groups in total. The smallest absolute Gasteiger partial charge is 0.319 e. The summed E-state index contributed by atoms with van der Waals surface area (Å²) >= 11 is 0. The fraction of sp³-hybridized carbons (Fsp3) is 0.286. The number of rotatable bonds is 6. The highest BCUT2D eigenvalue weighted by Gasteiger charge is 2.18. The summed E-state index contributed by atoms with van der Waals surface area (Å²) < 4.78 is 6.69. The van der Waals surface area contributed by atoms with E-state index < -0.39 is 6.04 Å². The highest BCUT2D eigenvalue weighted by Crippen LogP contribution is 2.15. The van der Waals surface area contributed by atoms with Crippen LogP contribution in [0.4, 0.5) is 10.5 Å². The molecule has 3 aromatic rings. The molecule has 2 amide bonds. The molecule has 28 heavy (non-hydrogen) atoms. The number of methoxy groups -OCH3 is 1.